The number of aliphatic hydroxyl groups is 1. The van der Waals surface area contributed by atoms with Crippen molar-refractivity contribution in [3.63, 3.8) is 0 Å². The van der Waals surface area contributed by atoms with Crippen LogP contribution >= 0.6 is 0 Å². The van der Waals surface area contributed by atoms with Crippen LogP contribution in [0, 0.1) is 11.3 Å². The summed E-state index contributed by atoms with van der Waals surface area (Å²) in [5, 5.41) is 17.8. The number of para-hydroxylation sites is 1. The predicted octanol–water partition coefficient (Wildman–Crippen LogP) is 1.76. The zero-order valence-electron chi connectivity index (χ0n) is 9.85. The molecule has 0 aliphatic carbocycles. The highest BCUT2D eigenvalue weighted by Crippen LogP contribution is 2.19. The molecule has 0 fully saturated rings. The highest BCUT2D eigenvalue weighted by atomic mass is 16.2. The number of imidazole rings is 1. The molecule has 2 rings (SSSR count). The van der Waals surface area contributed by atoms with Crippen molar-refractivity contribution in [3.8, 4) is 6.07 Å². The lowest BCUT2D eigenvalue weighted by molar-refractivity contribution is 0.284. The number of aromatic nitrogens is 2. The van der Waals surface area contributed by atoms with Crippen LogP contribution in [0.4, 0.5) is 0 Å². The summed E-state index contributed by atoms with van der Waals surface area (Å²) in [5.41, 5.74) is 2.38. The molecule has 88 valence electrons. The summed E-state index contributed by atoms with van der Waals surface area (Å²) >= 11 is 0. The van der Waals surface area contributed by atoms with Gasteiger partial charge < -0.3 is 9.67 Å². The number of nitrogens with zero attached hydrogens (tertiary/aromatic N) is 3. The molecule has 1 aromatic heterocycles. The van der Waals surface area contributed by atoms with Gasteiger partial charge in [-0.1, -0.05) is 6.07 Å². The van der Waals surface area contributed by atoms with Gasteiger partial charge in [0, 0.05) is 20.1 Å². The Bertz CT molecular complexity index is 566. The van der Waals surface area contributed by atoms with Crippen LogP contribution in [0.15, 0.2) is 18.2 Å². The number of fused-ring (bicyclic) bond motifs is 1. The molecule has 0 aliphatic rings. The third kappa shape index (κ3) is 2.15. The lowest BCUT2D eigenvalue weighted by atomic mass is 10.2. The second-order valence-corrected chi connectivity index (χ2v) is 4.05. The van der Waals surface area contributed by atoms with E-state index in [1.165, 1.54) is 0 Å². The number of hydrogen-bond donors (Lipinski definition) is 1. The normalized spacial score (nSPS) is 10.6. The van der Waals surface area contributed by atoms with E-state index in [1.807, 2.05) is 23.7 Å². The van der Waals surface area contributed by atoms with Crippen LogP contribution in [-0.2, 0) is 13.5 Å². The van der Waals surface area contributed by atoms with Crippen molar-refractivity contribution in [2.45, 2.75) is 19.3 Å². The number of nitriles is 1. The summed E-state index contributed by atoms with van der Waals surface area (Å²) in [6.07, 6.45) is 2.53. The maximum absolute atomic E-state index is 9.02. The van der Waals surface area contributed by atoms with Crippen LogP contribution in [0.5, 0.6) is 0 Å². The van der Waals surface area contributed by atoms with Gasteiger partial charge in [-0.25, -0.2) is 4.98 Å². The number of aliphatic hydroxyl groups excluding tert-OH is 1. The first kappa shape index (κ1) is 11.6. The molecule has 1 aromatic carbocycles. The molecule has 1 heterocycles. The first-order valence-corrected chi connectivity index (χ1v) is 5.73. The van der Waals surface area contributed by atoms with Crippen molar-refractivity contribution in [1.29, 1.82) is 5.26 Å². The van der Waals surface area contributed by atoms with Gasteiger partial charge in [0.05, 0.1) is 11.1 Å². The smallest absolute Gasteiger partial charge is 0.109 e. The van der Waals surface area contributed by atoms with Crippen molar-refractivity contribution in [2.75, 3.05) is 6.61 Å². The van der Waals surface area contributed by atoms with Crippen LogP contribution in [0.25, 0.3) is 11.0 Å². The van der Waals surface area contributed by atoms with Gasteiger partial charge in [0.15, 0.2) is 0 Å². The minimum Gasteiger partial charge on any atom is -0.396 e. The van der Waals surface area contributed by atoms with E-state index in [0.717, 1.165) is 36.1 Å². The second-order valence-electron chi connectivity index (χ2n) is 4.05. The van der Waals surface area contributed by atoms with Gasteiger partial charge in [-0.05, 0) is 25.0 Å². The first-order valence-electron chi connectivity index (χ1n) is 5.73. The third-order valence-electron chi connectivity index (χ3n) is 2.93. The van der Waals surface area contributed by atoms with Crippen LogP contribution in [0.1, 0.15) is 24.2 Å². The average molecular weight is 229 g/mol. The zero-order valence-corrected chi connectivity index (χ0v) is 9.85. The zero-order chi connectivity index (χ0) is 12.3. The van der Waals surface area contributed by atoms with Gasteiger partial charge in [0.1, 0.15) is 17.4 Å². The van der Waals surface area contributed by atoms with Crippen molar-refractivity contribution < 1.29 is 5.11 Å². The summed E-state index contributed by atoms with van der Waals surface area (Å²) < 4.78 is 2.02. The fourth-order valence-electron chi connectivity index (χ4n) is 1.97. The van der Waals surface area contributed by atoms with Gasteiger partial charge in [-0.15, -0.1) is 0 Å². The highest BCUT2D eigenvalue weighted by molar-refractivity contribution is 5.82. The van der Waals surface area contributed by atoms with Gasteiger partial charge in [0.2, 0.25) is 0 Å². The number of aryl methyl sites for hydroxylation is 2. The molecule has 2 aromatic rings. The Morgan fingerprint density at radius 1 is 1.41 bits per heavy atom. The first-order chi connectivity index (χ1) is 8.27. The molecule has 1 N–H and O–H groups in total. The largest absolute Gasteiger partial charge is 0.396 e. The van der Waals surface area contributed by atoms with Crippen molar-refractivity contribution in [3.05, 3.63) is 29.6 Å². The Hall–Kier alpha value is -1.86. The van der Waals surface area contributed by atoms with Crippen LogP contribution in [-0.4, -0.2) is 21.3 Å². The van der Waals surface area contributed by atoms with Crippen LogP contribution in [0.2, 0.25) is 0 Å². The topological polar surface area (TPSA) is 61.8 Å². The van der Waals surface area contributed by atoms with Gasteiger partial charge >= 0.3 is 0 Å². The second kappa shape index (κ2) is 4.98. The number of unbranched alkanes of at least 4 members (excludes halogenated alkanes) is 1. The van der Waals surface area contributed by atoms with Crippen LogP contribution in [0.3, 0.4) is 0 Å². The molecule has 0 unspecified atom stereocenters. The molecule has 0 spiro atoms. The summed E-state index contributed by atoms with van der Waals surface area (Å²) in [7, 11) is 1.96. The van der Waals surface area contributed by atoms with E-state index in [4.69, 9.17) is 10.4 Å². The number of benzene rings is 1. The molecule has 17 heavy (non-hydrogen) atoms. The third-order valence-corrected chi connectivity index (χ3v) is 2.93. The lowest BCUT2D eigenvalue weighted by Crippen LogP contribution is -1.98. The molecular formula is C13H15N3O. The highest BCUT2D eigenvalue weighted by Gasteiger charge is 2.10. The summed E-state index contributed by atoms with van der Waals surface area (Å²) in [4.78, 5) is 4.51. The SMILES string of the molecule is Cn1c(CCCCO)nc2c(C#N)cccc21. The Balaban J connectivity index is 2.39. The number of hydrogen-bond acceptors (Lipinski definition) is 3. The molecule has 0 aliphatic heterocycles. The Morgan fingerprint density at radius 3 is 2.94 bits per heavy atom. The Kier molecular flexibility index (Phi) is 3.40. The Morgan fingerprint density at radius 2 is 2.24 bits per heavy atom. The number of rotatable bonds is 4. The predicted molar refractivity (Wildman–Crippen MR) is 65.5 cm³/mol. The molecule has 0 saturated carbocycles. The van der Waals surface area contributed by atoms with E-state index in [9.17, 15) is 0 Å². The van der Waals surface area contributed by atoms with Gasteiger partial charge in [-0.2, -0.15) is 5.26 Å². The summed E-state index contributed by atoms with van der Waals surface area (Å²) in [6, 6.07) is 7.79. The fourth-order valence-corrected chi connectivity index (χ4v) is 1.97. The van der Waals surface area contributed by atoms with E-state index in [2.05, 4.69) is 11.1 Å². The molecular weight excluding hydrogens is 214 g/mol. The minimum atomic E-state index is 0.216. The van der Waals surface area contributed by atoms with Gasteiger partial charge in [0.25, 0.3) is 0 Å². The summed E-state index contributed by atoms with van der Waals surface area (Å²) in [5.74, 6) is 0.969. The molecule has 0 amide bonds. The maximum atomic E-state index is 9.02. The quantitative estimate of drug-likeness (QED) is 0.812. The summed E-state index contributed by atoms with van der Waals surface area (Å²) in [6.45, 7) is 0.216. The van der Waals surface area contributed by atoms with Crippen molar-refractivity contribution in [2.24, 2.45) is 7.05 Å². The molecule has 0 bridgehead atoms. The molecule has 4 heteroatoms. The molecule has 0 radical (unpaired) electrons. The van der Waals surface area contributed by atoms with E-state index in [-0.39, 0.29) is 6.61 Å². The maximum Gasteiger partial charge on any atom is 0.109 e. The molecule has 0 saturated heterocycles. The average Bonchev–Trinajstić information content (AvgIpc) is 2.67. The van der Waals surface area contributed by atoms with E-state index in [1.54, 1.807) is 6.07 Å². The van der Waals surface area contributed by atoms with Crippen molar-refractivity contribution >= 4 is 11.0 Å². The molecule has 4 nitrogen and oxygen atoms in total. The van der Waals surface area contributed by atoms with Crippen molar-refractivity contribution in [1.82, 2.24) is 9.55 Å². The van der Waals surface area contributed by atoms with E-state index >= 15 is 0 Å². The Labute approximate surface area is 100 Å². The molecule has 0 atom stereocenters. The lowest BCUT2D eigenvalue weighted by Gasteiger charge is -2.01. The van der Waals surface area contributed by atoms with Gasteiger partial charge in [-0.3, -0.25) is 0 Å². The van der Waals surface area contributed by atoms with Crippen LogP contribution < -0.4 is 0 Å². The van der Waals surface area contributed by atoms with E-state index in [0.29, 0.717) is 5.56 Å². The van der Waals surface area contributed by atoms with E-state index < -0.39 is 0 Å². The minimum absolute atomic E-state index is 0.216. The fraction of sp³-hybridized carbons (Fsp3) is 0.385. The standard InChI is InChI=1S/C13H15N3O/c1-16-11-6-4-5-10(9-14)13(11)15-12(16)7-2-3-8-17/h4-6,17H,2-3,7-8H2,1H3. The monoisotopic (exact) mass is 229 g/mol.